The summed E-state index contributed by atoms with van der Waals surface area (Å²) in [6, 6.07) is 12.9. The van der Waals surface area contributed by atoms with Gasteiger partial charge in [0.05, 0.1) is 21.7 Å². The highest BCUT2D eigenvalue weighted by Crippen LogP contribution is 2.37. The van der Waals surface area contributed by atoms with Crippen molar-refractivity contribution in [2.75, 3.05) is 0 Å². The van der Waals surface area contributed by atoms with Crippen LogP contribution in [0.2, 0.25) is 0 Å². The summed E-state index contributed by atoms with van der Waals surface area (Å²) in [6.07, 6.45) is 0. The van der Waals surface area contributed by atoms with Gasteiger partial charge < -0.3 is 0 Å². The van der Waals surface area contributed by atoms with Gasteiger partial charge in [0.1, 0.15) is 11.6 Å². The maximum atomic E-state index is 13.8. The minimum Gasteiger partial charge on any atom is -0.258 e. The van der Waals surface area contributed by atoms with E-state index in [1.807, 2.05) is 19.1 Å². The molecule has 0 aliphatic rings. The van der Waals surface area contributed by atoms with E-state index in [1.54, 1.807) is 6.07 Å². The molecule has 0 fully saturated rings. The Labute approximate surface area is 146 Å². The van der Waals surface area contributed by atoms with E-state index in [9.17, 15) is 18.9 Å². The van der Waals surface area contributed by atoms with Crippen LogP contribution in [0.5, 0.6) is 0 Å². The summed E-state index contributed by atoms with van der Waals surface area (Å²) < 4.78 is 27.6. The molecule has 128 valence electrons. The Kier molecular flexibility index (Phi) is 3.61. The van der Waals surface area contributed by atoms with Crippen molar-refractivity contribution in [3.63, 3.8) is 0 Å². The molecule has 4 nitrogen and oxygen atoms in total. The van der Waals surface area contributed by atoms with Crippen molar-refractivity contribution in [3.8, 4) is 11.3 Å². The minimum absolute atomic E-state index is 0.0927. The Hall–Kier alpha value is -3.41. The molecule has 0 saturated carbocycles. The van der Waals surface area contributed by atoms with Crippen molar-refractivity contribution in [1.29, 1.82) is 0 Å². The normalized spacial score (nSPS) is 11.2. The Balaban J connectivity index is 2.19. The average molecular weight is 350 g/mol. The first-order valence-electron chi connectivity index (χ1n) is 7.88. The van der Waals surface area contributed by atoms with Crippen LogP contribution in [0, 0.1) is 28.7 Å². The largest absolute Gasteiger partial charge is 0.278 e. The van der Waals surface area contributed by atoms with E-state index in [0.717, 1.165) is 23.8 Å². The highest BCUT2D eigenvalue weighted by Gasteiger charge is 2.20. The fourth-order valence-electron chi connectivity index (χ4n) is 3.15. The lowest BCUT2D eigenvalue weighted by Gasteiger charge is -2.11. The molecule has 0 saturated heterocycles. The van der Waals surface area contributed by atoms with Gasteiger partial charge in [-0.2, -0.15) is 0 Å². The van der Waals surface area contributed by atoms with Gasteiger partial charge in [-0.3, -0.25) is 10.1 Å². The monoisotopic (exact) mass is 350 g/mol. The zero-order chi connectivity index (χ0) is 18.4. The quantitative estimate of drug-likeness (QED) is 0.270. The second-order valence-corrected chi connectivity index (χ2v) is 6.09. The van der Waals surface area contributed by atoms with E-state index in [2.05, 4.69) is 4.98 Å². The number of benzene rings is 3. The van der Waals surface area contributed by atoms with E-state index in [0.29, 0.717) is 27.4 Å². The number of rotatable bonds is 2. The van der Waals surface area contributed by atoms with Crippen LogP contribution < -0.4 is 0 Å². The van der Waals surface area contributed by atoms with Crippen molar-refractivity contribution >= 4 is 27.4 Å². The molecule has 4 aromatic rings. The third-order valence-electron chi connectivity index (χ3n) is 4.32. The molecule has 0 atom stereocenters. The molecule has 0 spiro atoms. The lowest BCUT2D eigenvalue weighted by atomic mass is 9.97. The van der Waals surface area contributed by atoms with Gasteiger partial charge in [-0.25, -0.2) is 13.8 Å². The van der Waals surface area contributed by atoms with Gasteiger partial charge in [-0.05, 0) is 42.6 Å². The summed E-state index contributed by atoms with van der Waals surface area (Å²) in [5.41, 5.74) is 1.59. The number of nitrogens with zero attached hydrogens (tertiary/aromatic N) is 2. The van der Waals surface area contributed by atoms with Crippen molar-refractivity contribution in [3.05, 3.63) is 81.9 Å². The molecule has 0 unspecified atom stereocenters. The van der Waals surface area contributed by atoms with Gasteiger partial charge in [0.15, 0.2) is 0 Å². The zero-order valence-electron chi connectivity index (χ0n) is 13.7. The fraction of sp³-hybridized carbons (Fsp3) is 0.0500. The Morgan fingerprint density at radius 1 is 0.885 bits per heavy atom. The molecular weight excluding hydrogens is 338 g/mol. The Morgan fingerprint density at radius 2 is 1.62 bits per heavy atom. The van der Waals surface area contributed by atoms with Crippen molar-refractivity contribution in [1.82, 2.24) is 4.98 Å². The van der Waals surface area contributed by atoms with Crippen molar-refractivity contribution < 1.29 is 13.7 Å². The first kappa shape index (κ1) is 16.1. The molecular formula is C20H12F2N2O2. The van der Waals surface area contributed by atoms with Crippen LogP contribution in [0.15, 0.2) is 54.6 Å². The van der Waals surface area contributed by atoms with Crippen LogP contribution in [0.4, 0.5) is 14.5 Å². The molecule has 3 aromatic carbocycles. The molecule has 0 aliphatic heterocycles. The van der Waals surface area contributed by atoms with E-state index >= 15 is 0 Å². The number of nitro benzene ring substituents is 1. The minimum atomic E-state index is -0.591. The van der Waals surface area contributed by atoms with Gasteiger partial charge in [-0.1, -0.05) is 23.8 Å². The van der Waals surface area contributed by atoms with Crippen LogP contribution in [0.25, 0.3) is 32.9 Å². The molecule has 0 bridgehead atoms. The summed E-state index contributed by atoms with van der Waals surface area (Å²) >= 11 is 0. The molecule has 26 heavy (non-hydrogen) atoms. The molecule has 0 aliphatic carbocycles. The van der Waals surface area contributed by atoms with Gasteiger partial charge >= 0.3 is 0 Å². The molecule has 0 amide bonds. The first-order chi connectivity index (χ1) is 12.4. The van der Waals surface area contributed by atoms with Crippen LogP contribution in [0.1, 0.15) is 5.56 Å². The standard InChI is InChI=1S/C20H12F2N2O2/c1-11-2-5-14-15(8-11)16-9-12(21)3-6-18(16)23-20(14)17-10-13(22)4-7-19(17)24(25)26/h2-10H,1H3. The molecule has 6 heteroatoms. The van der Waals surface area contributed by atoms with Gasteiger partial charge in [0, 0.05) is 16.8 Å². The maximum Gasteiger partial charge on any atom is 0.278 e. The summed E-state index contributed by atoms with van der Waals surface area (Å²) in [5, 5.41) is 13.3. The fourth-order valence-corrected chi connectivity index (χ4v) is 3.15. The highest BCUT2D eigenvalue weighted by molar-refractivity contribution is 6.11. The average Bonchev–Trinajstić information content (AvgIpc) is 2.60. The molecule has 1 heterocycles. The second-order valence-electron chi connectivity index (χ2n) is 6.09. The van der Waals surface area contributed by atoms with Crippen molar-refractivity contribution in [2.24, 2.45) is 0 Å². The van der Waals surface area contributed by atoms with Crippen LogP contribution in [-0.2, 0) is 0 Å². The van der Waals surface area contributed by atoms with Gasteiger partial charge in [0.2, 0.25) is 0 Å². The number of halogens is 2. The number of nitro groups is 1. The van der Waals surface area contributed by atoms with E-state index in [1.165, 1.54) is 18.2 Å². The van der Waals surface area contributed by atoms with E-state index in [-0.39, 0.29) is 11.3 Å². The van der Waals surface area contributed by atoms with Crippen LogP contribution >= 0.6 is 0 Å². The summed E-state index contributed by atoms with van der Waals surface area (Å²) in [4.78, 5) is 15.3. The second kappa shape index (κ2) is 5.84. The lowest BCUT2D eigenvalue weighted by molar-refractivity contribution is -0.384. The third kappa shape index (κ3) is 2.56. The zero-order valence-corrected chi connectivity index (χ0v) is 13.7. The Morgan fingerprint density at radius 3 is 2.38 bits per heavy atom. The molecule has 0 N–H and O–H groups in total. The molecule has 4 rings (SSSR count). The number of aromatic nitrogens is 1. The third-order valence-corrected chi connectivity index (χ3v) is 4.32. The smallest absolute Gasteiger partial charge is 0.258 e. The summed E-state index contributed by atoms with van der Waals surface area (Å²) in [6.45, 7) is 1.90. The van der Waals surface area contributed by atoms with E-state index < -0.39 is 16.6 Å². The Bertz CT molecular complexity index is 1210. The van der Waals surface area contributed by atoms with Gasteiger partial charge in [0.25, 0.3) is 5.69 Å². The number of pyridine rings is 1. The predicted molar refractivity (Wildman–Crippen MR) is 96.0 cm³/mol. The summed E-state index contributed by atoms with van der Waals surface area (Å²) in [7, 11) is 0. The van der Waals surface area contributed by atoms with Crippen molar-refractivity contribution in [2.45, 2.75) is 6.92 Å². The number of hydrogen-bond donors (Lipinski definition) is 0. The summed E-state index contributed by atoms with van der Waals surface area (Å²) in [5.74, 6) is -0.988. The predicted octanol–water partition coefficient (Wildman–Crippen LogP) is 5.55. The maximum absolute atomic E-state index is 13.8. The van der Waals surface area contributed by atoms with Crippen LogP contribution in [-0.4, -0.2) is 9.91 Å². The van der Waals surface area contributed by atoms with E-state index in [4.69, 9.17) is 0 Å². The van der Waals surface area contributed by atoms with Gasteiger partial charge in [-0.15, -0.1) is 0 Å². The number of aryl methyl sites for hydroxylation is 1. The number of hydrogen-bond acceptors (Lipinski definition) is 3. The molecule has 0 radical (unpaired) electrons. The SMILES string of the molecule is Cc1ccc2c(-c3cc(F)ccc3[N+](=O)[O-])nc3ccc(F)cc3c2c1. The highest BCUT2D eigenvalue weighted by atomic mass is 19.1. The first-order valence-corrected chi connectivity index (χ1v) is 7.88. The lowest BCUT2D eigenvalue weighted by Crippen LogP contribution is -1.97. The molecule has 1 aromatic heterocycles. The topological polar surface area (TPSA) is 56.0 Å². The van der Waals surface area contributed by atoms with Crippen LogP contribution in [0.3, 0.4) is 0 Å². The number of fused-ring (bicyclic) bond motifs is 3.